The number of β-amino-alcohol motifs (C(OH)–C–C–N with tert-alkyl or cyclic N) is 1. The highest BCUT2D eigenvalue weighted by Gasteiger charge is 2.34. The van der Waals surface area contributed by atoms with Crippen molar-refractivity contribution < 1.29 is 9.90 Å². The second-order valence-electron chi connectivity index (χ2n) is 5.96. The number of hydrogen-bond acceptors (Lipinski definition) is 5. The van der Waals surface area contributed by atoms with Crippen LogP contribution in [0.1, 0.15) is 23.3 Å². The minimum atomic E-state index is -0.954. The number of carbonyl (C=O) groups is 1. The lowest BCUT2D eigenvalue weighted by Gasteiger charge is -2.39. The van der Waals surface area contributed by atoms with Crippen molar-refractivity contribution in [1.29, 1.82) is 0 Å². The van der Waals surface area contributed by atoms with E-state index in [-0.39, 0.29) is 12.5 Å². The molecule has 3 heterocycles. The molecule has 0 bridgehead atoms. The van der Waals surface area contributed by atoms with E-state index in [2.05, 4.69) is 20.3 Å². The van der Waals surface area contributed by atoms with Gasteiger partial charge in [0, 0.05) is 39.1 Å². The molecule has 7 nitrogen and oxygen atoms in total. The molecule has 2 aromatic heterocycles. The number of nitrogens with zero attached hydrogens (tertiary/aromatic N) is 4. The van der Waals surface area contributed by atoms with Crippen LogP contribution in [0.3, 0.4) is 0 Å². The predicted molar refractivity (Wildman–Crippen MR) is 86.2 cm³/mol. The molecule has 0 aromatic carbocycles. The predicted octanol–water partition coefficient (Wildman–Crippen LogP) is 0.576. The summed E-state index contributed by atoms with van der Waals surface area (Å²) in [4.78, 5) is 18.5. The van der Waals surface area contributed by atoms with Crippen LogP contribution in [-0.2, 0) is 7.05 Å². The Morgan fingerprint density at radius 2 is 2.26 bits per heavy atom. The third-order valence-electron chi connectivity index (χ3n) is 4.16. The van der Waals surface area contributed by atoms with Gasteiger partial charge in [-0.2, -0.15) is 5.10 Å². The molecule has 1 saturated heterocycles. The van der Waals surface area contributed by atoms with Crippen molar-refractivity contribution in [3.05, 3.63) is 42.4 Å². The van der Waals surface area contributed by atoms with Crippen molar-refractivity contribution in [2.75, 3.05) is 24.5 Å². The number of hydrogen-bond donors (Lipinski definition) is 2. The lowest BCUT2D eigenvalue weighted by atomic mass is 9.92. The maximum Gasteiger partial charge on any atom is 0.269 e. The van der Waals surface area contributed by atoms with Gasteiger partial charge in [-0.25, -0.2) is 4.98 Å². The van der Waals surface area contributed by atoms with Crippen molar-refractivity contribution in [3.63, 3.8) is 0 Å². The third kappa shape index (κ3) is 3.50. The Bertz CT molecular complexity index is 672. The van der Waals surface area contributed by atoms with E-state index in [9.17, 15) is 9.90 Å². The number of rotatable bonds is 4. The molecule has 1 unspecified atom stereocenters. The Balaban J connectivity index is 1.62. The van der Waals surface area contributed by atoms with E-state index >= 15 is 0 Å². The molecule has 7 heteroatoms. The number of aromatic nitrogens is 3. The highest BCUT2D eigenvalue weighted by atomic mass is 16.3. The molecule has 3 rings (SSSR count). The first-order valence-electron chi connectivity index (χ1n) is 7.72. The summed E-state index contributed by atoms with van der Waals surface area (Å²) in [7, 11) is 1.72. The number of aryl methyl sites for hydroxylation is 1. The fraction of sp³-hybridized carbons (Fsp3) is 0.438. The van der Waals surface area contributed by atoms with Crippen LogP contribution in [0, 0.1) is 0 Å². The number of pyridine rings is 1. The largest absolute Gasteiger partial charge is 0.386 e. The van der Waals surface area contributed by atoms with Crippen LogP contribution in [0.15, 0.2) is 36.7 Å². The molecular formula is C16H21N5O2. The van der Waals surface area contributed by atoms with Gasteiger partial charge in [-0.05, 0) is 31.0 Å². The van der Waals surface area contributed by atoms with E-state index in [4.69, 9.17) is 0 Å². The number of nitrogens with one attached hydrogen (secondary N) is 1. The molecule has 0 spiro atoms. The smallest absolute Gasteiger partial charge is 0.269 e. The van der Waals surface area contributed by atoms with Crippen molar-refractivity contribution in [1.82, 2.24) is 20.1 Å². The molecule has 2 N–H and O–H groups in total. The second kappa shape index (κ2) is 6.37. The first-order valence-corrected chi connectivity index (χ1v) is 7.72. The minimum Gasteiger partial charge on any atom is -0.386 e. The highest BCUT2D eigenvalue weighted by molar-refractivity contribution is 5.92. The van der Waals surface area contributed by atoms with Crippen LogP contribution < -0.4 is 10.2 Å². The lowest BCUT2D eigenvalue weighted by molar-refractivity contribution is 0.0253. The van der Waals surface area contributed by atoms with Crippen LogP contribution >= 0.6 is 0 Å². The van der Waals surface area contributed by atoms with E-state index in [1.54, 1.807) is 25.5 Å². The molecule has 23 heavy (non-hydrogen) atoms. The number of piperidine rings is 1. The number of carbonyl (C=O) groups excluding carboxylic acids is 1. The topological polar surface area (TPSA) is 83.3 Å². The van der Waals surface area contributed by atoms with Gasteiger partial charge in [-0.1, -0.05) is 6.07 Å². The average molecular weight is 315 g/mol. The second-order valence-corrected chi connectivity index (χ2v) is 5.96. The molecule has 0 radical (unpaired) electrons. The van der Waals surface area contributed by atoms with Crippen LogP contribution in [0.25, 0.3) is 0 Å². The van der Waals surface area contributed by atoms with E-state index in [0.717, 1.165) is 18.8 Å². The normalized spacial score (nSPS) is 21.2. The van der Waals surface area contributed by atoms with Gasteiger partial charge in [0.1, 0.15) is 11.5 Å². The molecule has 0 aliphatic carbocycles. The summed E-state index contributed by atoms with van der Waals surface area (Å²) in [5.74, 6) is 0.622. The highest BCUT2D eigenvalue weighted by Crippen LogP contribution is 2.24. The lowest BCUT2D eigenvalue weighted by Crippen LogP contribution is -2.54. The Hall–Kier alpha value is -2.41. The fourth-order valence-corrected chi connectivity index (χ4v) is 2.93. The quantitative estimate of drug-likeness (QED) is 0.862. The Kier molecular flexibility index (Phi) is 4.29. The average Bonchev–Trinajstić information content (AvgIpc) is 3.00. The van der Waals surface area contributed by atoms with Gasteiger partial charge >= 0.3 is 0 Å². The Labute approximate surface area is 134 Å². The van der Waals surface area contributed by atoms with Crippen molar-refractivity contribution in [2.24, 2.45) is 7.05 Å². The summed E-state index contributed by atoms with van der Waals surface area (Å²) < 4.78 is 1.51. The number of anilines is 1. The molecular weight excluding hydrogens is 294 g/mol. The van der Waals surface area contributed by atoms with Crippen molar-refractivity contribution in [3.8, 4) is 0 Å². The first-order chi connectivity index (χ1) is 11.1. The zero-order valence-electron chi connectivity index (χ0n) is 13.1. The zero-order valence-corrected chi connectivity index (χ0v) is 13.1. The number of amides is 1. The monoisotopic (exact) mass is 315 g/mol. The summed E-state index contributed by atoms with van der Waals surface area (Å²) in [6.45, 7) is 1.52. The van der Waals surface area contributed by atoms with Gasteiger partial charge in [0.05, 0.1) is 5.60 Å². The van der Waals surface area contributed by atoms with E-state index in [1.165, 1.54) is 4.68 Å². The summed E-state index contributed by atoms with van der Waals surface area (Å²) in [6, 6.07) is 7.38. The van der Waals surface area contributed by atoms with E-state index in [0.29, 0.717) is 18.7 Å². The molecule has 0 saturated carbocycles. The molecule has 1 fully saturated rings. The molecule has 122 valence electrons. The maximum absolute atomic E-state index is 12.2. The summed E-state index contributed by atoms with van der Waals surface area (Å²) in [6.07, 6.45) is 4.83. The summed E-state index contributed by atoms with van der Waals surface area (Å²) in [5, 5.41) is 17.6. The molecule has 1 amide bonds. The van der Waals surface area contributed by atoms with Crippen LogP contribution in [0.5, 0.6) is 0 Å². The molecule has 1 aliphatic heterocycles. The van der Waals surface area contributed by atoms with E-state index in [1.807, 2.05) is 18.2 Å². The third-order valence-corrected chi connectivity index (χ3v) is 4.16. The Morgan fingerprint density at radius 3 is 2.96 bits per heavy atom. The zero-order chi connectivity index (χ0) is 16.3. The first kappa shape index (κ1) is 15.5. The molecule has 1 atom stereocenters. The SMILES string of the molecule is Cn1nccc1C(=O)NCC1(O)CCCN(c2ccccn2)C1. The van der Waals surface area contributed by atoms with Gasteiger partial charge in [0.25, 0.3) is 5.91 Å². The molecule has 1 aliphatic rings. The maximum atomic E-state index is 12.2. The van der Waals surface area contributed by atoms with Gasteiger partial charge in [-0.15, -0.1) is 0 Å². The van der Waals surface area contributed by atoms with Crippen molar-refractivity contribution >= 4 is 11.7 Å². The van der Waals surface area contributed by atoms with Gasteiger partial charge in [-0.3, -0.25) is 9.48 Å². The summed E-state index contributed by atoms with van der Waals surface area (Å²) >= 11 is 0. The molecule has 2 aromatic rings. The number of aliphatic hydroxyl groups is 1. The standard InChI is InChI=1S/C16H21N5O2/c1-20-13(6-9-19-20)15(22)18-11-16(23)7-4-10-21(12-16)14-5-2-3-8-17-14/h2-3,5-6,8-9,23H,4,7,10-12H2,1H3,(H,18,22). The van der Waals surface area contributed by atoms with E-state index < -0.39 is 5.60 Å². The van der Waals surface area contributed by atoms with Crippen LogP contribution in [0.2, 0.25) is 0 Å². The minimum absolute atomic E-state index is 0.209. The van der Waals surface area contributed by atoms with Crippen LogP contribution in [-0.4, -0.2) is 51.0 Å². The van der Waals surface area contributed by atoms with Crippen molar-refractivity contribution in [2.45, 2.75) is 18.4 Å². The van der Waals surface area contributed by atoms with Crippen LogP contribution in [0.4, 0.5) is 5.82 Å². The summed E-state index contributed by atoms with van der Waals surface area (Å²) in [5.41, 5.74) is -0.477. The van der Waals surface area contributed by atoms with Gasteiger partial charge < -0.3 is 15.3 Å². The fourth-order valence-electron chi connectivity index (χ4n) is 2.93. The van der Waals surface area contributed by atoms with Gasteiger partial charge in [0.15, 0.2) is 0 Å². The Morgan fingerprint density at radius 1 is 1.39 bits per heavy atom. The van der Waals surface area contributed by atoms with Gasteiger partial charge in [0.2, 0.25) is 0 Å².